The molecule has 2 aliphatic heterocycles. The molecule has 13 heteroatoms. The van der Waals surface area contributed by atoms with Crippen molar-refractivity contribution >= 4 is 57.2 Å². The van der Waals surface area contributed by atoms with Gasteiger partial charge in [-0.1, -0.05) is 30.3 Å². The number of carbonyl (C=O) groups is 1. The van der Waals surface area contributed by atoms with Gasteiger partial charge in [0, 0.05) is 56.2 Å². The summed E-state index contributed by atoms with van der Waals surface area (Å²) < 4.78 is 51.7. The van der Waals surface area contributed by atoms with E-state index in [9.17, 15) is 17.8 Å². The van der Waals surface area contributed by atoms with Crippen molar-refractivity contribution in [2.75, 3.05) is 73.7 Å². The van der Waals surface area contributed by atoms with Crippen LogP contribution in [0.2, 0.25) is 0 Å². The number of piperazine rings is 1. The van der Waals surface area contributed by atoms with Gasteiger partial charge in [-0.3, -0.25) is 18.6 Å². The molecule has 2 heterocycles. The van der Waals surface area contributed by atoms with E-state index in [2.05, 4.69) is 20.9 Å². The molecule has 0 aromatic heterocycles. The van der Waals surface area contributed by atoms with E-state index in [1.807, 2.05) is 30.3 Å². The lowest BCUT2D eigenvalue weighted by atomic mass is 10.00. The number of nitrogens with one attached hydrogen (secondary N) is 3. The quantitative estimate of drug-likeness (QED) is 0.184. The molecule has 0 unspecified atom stereocenters. The smallest absolute Gasteiger partial charge is 0.354 e. The van der Waals surface area contributed by atoms with Crippen LogP contribution in [0.4, 0.5) is 17.1 Å². The van der Waals surface area contributed by atoms with Gasteiger partial charge in [-0.25, -0.2) is 8.42 Å². The Labute approximate surface area is 265 Å². The standard InChI is InChI=1S/C32H40N5O6PS/c1-4-42-44(39,43-5-2)27-15-16-29-28(23-27)30(32(38)35-29)31(24-9-7-6-8-10-24)34-25-11-13-26(14-12-25)37(45(3,40)41)22-21-36-19-17-33-18-20-36/h6-16,23,33-34H,4-5,17-22H2,1-3H3,(H,35,38)/b31-30-. The van der Waals surface area contributed by atoms with Crippen molar-refractivity contribution in [1.29, 1.82) is 0 Å². The van der Waals surface area contributed by atoms with E-state index in [4.69, 9.17) is 9.05 Å². The van der Waals surface area contributed by atoms with Gasteiger partial charge in [-0.2, -0.15) is 0 Å². The maximum Gasteiger partial charge on any atom is 0.361 e. The molecular formula is C32H40N5O6PS. The largest absolute Gasteiger partial charge is 0.361 e. The third-order valence-electron chi connectivity index (χ3n) is 7.63. The molecule has 0 spiro atoms. The maximum absolute atomic E-state index is 13.6. The van der Waals surface area contributed by atoms with E-state index in [0.717, 1.165) is 31.7 Å². The highest BCUT2D eigenvalue weighted by atomic mass is 32.2. The molecule has 3 aromatic rings. The number of sulfonamides is 1. The van der Waals surface area contributed by atoms with Gasteiger partial charge in [-0.15, -0.1) is 0 Å². The Morgan fingerprint density at radius 1 is 0.978 bits per heavy atom. The van der Waals surface area contributed by atoms with Crippen LogP contribution in [0.1, 0.15) is 25.0 Å². The molecular weight excluding hydrogens is 613 g/mol. The molecule has 11 nitrogen and oxygen atoms in total. The minimum atomic E-state index is -3.60. The molecule has 1 amide bonds. The van der Waals surface area contributed by atoms with Crippen molar-refractivity contribution in [2.24, 2.45) is 0 Å². The van der Waals surface area contributed by atoms with Crippen LogP contribution in [0, 0.1) is 0 Å². The molecule has 5 rings (SSSR count). The van der Waals surface area contributed by atoms with Crippen LogP contribution in [-0.2, 0) is 28.4 Å². The fourth-order valence-corrected chi connectivity index (χ4v) is 8.01. The topological polar surface area (TPSA) is 129 Å². The number of carbonyl (C=O) groups excluding carboxylic acids is 1. The Balaban J connectivity index is 1.50. The second-order valence-corrected chi connectivity index (χ2v) is 14.7. The van der Waals surface area contributed by atoms with Gasteiger partial charge in [0.05, 0.1) is 41.7 Å². The lowest BCUT2D eigenvalue weighted by Gasteiger charge is -2.30. The first-order valence-electron chi connectivity index (χ1n) is 15.1. The number of hydrogen-bond acceptors (Lipinski definition) is 9. The summed E-state index contributed by atoms with van der Waals surface area (Å²) in [6.07, 6.45) is 1.22. The Morgan fingerprint density at radius 3 is 2.27 bits per heavy atom. The van der Waals surface area contributed by atoms with Crippen molar-refractivity contribution < 1.29 is 26.8 Å². The van der Waals surface area contributed by atoms with Crippen molar-refractivity contribution in [3.8, 4) is 0 Å². The van der Waals surface area contributed by atoms with Crippen LogP contribution >= 0.6 is 7.60 Å². The first-order valence-corrected chi connectivity index (χ1v) is 18.4. The van der Waals surface area contributed by atoms with E-state index in [1.165, 1.54) is 10.6 Å². The SMILES string of the molecule is CCOP(=O)(OCC)c1ccc2c(c1)/C(=C(/Nc1ccc(N(CCN3CCNCC3)S(C)(=O)=O)cc1)c1ccccc1)C(=O)N2. The van der Waals surface area contributed by atoms with E-state index >= 15 is 0 Å². The summed E-state index contributed by atoms with van der Waals surface area (Å²) in [5, 5.41) is 10.00. The van der Waals surface area contributed by atoms with Crippen molar-refractivity contribution in [3.63, 3.8) is 0 Å². The van der Waals surface area contributed by atoms with Gasteiger partial charge < -0.3 is 25.0 Å². The number of anilines is 3. The summed E-state index contributed by atoms with van der Waals surface area (Å²) >= 11 is 0. The molecule has 3 aromatic carbocycles. The number of benzene rings is 3. The maximum atomic E-state index is 13.6. The second kappa shape index (κ2) is 14.3. The monoisotopic (exact) mass is 653 g/mol. The predicted molar refractivity (Wildman–Crippen MR) is 180 cm³/mol. The summed E-state index contributed by atoms with van der Waals surface area (Å²) in [6.45, 7) is 8.42. The minimum Gasteiger partial charge on any atom is -0.354 e. The number of hydrogen-bond donors (Lipinski definition) is 3. The summed E-state index contributed by atoms with van der Waals surface area (Å²) in [4.78, 5) is 15.7. The van der Waals surface area contributed by atoms with Crippen LogP contribution in [0.5, 0.6) is 0 Å². The average Bonchev–Trinajstić information content (AvgIpc) is 3.36. The molecule has 3 N–H and O–H groups in total. The highest BCUT2D eigenvalue weighted by molar-refractivity contribution is 7.92. The normalized spacial score (nSPS) is 16.6. The van der Waals surface area contributed by atoms with E-state index in [1.54, 1.807) is 56.3 Å². The molecule has 0 aliphatic carbocycles. The zero-order valence-electron chi connectivity index (χ0n) is 25.8. The minimum absolute atomic E-state index is 0.202. The van der Waals surface area contributed by atoms with E-state index < -0.39 is 17.6 Å². The van der Waals surface area contributed by atoms with Gasteiger partial charge in [-0.05, 0) is 61.9 Å². The molecule has 240 valence electrons. The van der Waals surface area contributed by atoms with Gasteiger partial charge in [0.25, 0.3) is 5.91 Å². The molecule has 1 saturated heterocycles. The highest BCUT2D eigenvalue weighted by Crippen LogP contribution is 2.48. The zero-order chi connectivity index (χ0) is 32.0. The Morgan fingerprint density at radius 2 is 1.64 bits per heavy atom. The lowest BCUT2D eigenvalue weighted by Crippen LogP contribution is -2.47. The molecule has 0 atom stereocenters. The first-order chi connectivity index (χ1) is 21.6. The Hall–Kier alpha value is -3.51. The van der Waals surface area contributed by atoms with Crippen LogP contribution in [-0.4, -0.2) is 78.0 Å². The van der Waals surface area contributed by atoms with Gasteiger partial charge >= 0.3 is 7.60 Å². The molecule has 0 saturated carbocycles. The van der Waals surface area contributed by atoms with Gasteiger partial charge in [0.2, 0.25) is 10.0 Å². The lowest BCUT2D eigenvalue weighted by molar-refractivity contribution is -0.110. The van der Waals surface area contributed by atoms with Gasteiger partial charge in [0.15, 0.2) is 0 Å². The molecule has 0 bridgehead atoms. The molecule has 0 radical (unpaired) electrons. The first kappa shape index (κ1) is 32.9. The predicted octanol–water partition coefficient (Wildman–Crippen LogP) is 4.18. The molecule has 1 fully saturated rings. The van der Waals surface area contributed by atoms with Crippen LogP contribution in [0.25, 0.3) is 11.3 Å². The fourth-order valence-electron chi connectivity index (χ4n) is 5.49. The van der Waals surface area contributed by atoms with Crippen LogP contribution < -0.4 is 25.6 Å². The average molecular weight is 654 g/mol. The Bertz CT molecular complexity index is 1680. The Kier molecular flexibility index (Phi) is 10.4. The third-order valence-corrected chi connectivity index (χ3v) is 10.9. The summed E-state index contributed by atoms with van der Waals surface area (Å²) in [7, 11) is -7.12. The van der Waals surface area contributed by atoms with Crippen LogP contribution in [0.15, 0.2) is 72.8 Å². The third kappa shape index (κ3) is 7.66. The number of fused-ring (bicyclic) bond motifs is 1. The van der Waals surface area contributed by atoms with Crippen molar-refractivity contribution in [2.45, 2.75) is 13.8 Å². The van der Waals surface area contributed by atoms with Crippen molar-refractivity contribution in [1.82, 2.24) is 10.2 Å². The van der Waals surface area contributed by atoms with E-state index in [-0.39, 0.29) is 19.1 Å². The number of amides is 1. The van der Waals surface area contributed by atoms with Crippen LogP contribution in [0.3, 0.4) is 0 Å². The molecule has 2 aliphatic rings. The number of rotatable bonds is 13. The fraction of sp³-hybridized carbons (Fsp3) is 0.344. The highest BCUT2D eigenvalue weighted by Gasteiger charge is 2.33. The molecule has 45 heavy (non-hydrogen) atoms. The zero-order valence-corrected chi connectivity index (χ0v) is 27.5. The van der Waals surface area contributed by atoms with E-state index in [0.29, 0.717) is 52.3 Å². The van der Waals surface area contributed by atoms with Crippen molar-refractivity contribution in [3.05, 3.63) is 83.9 Å². The summed E-state index contributed by atoms with van der Waals surface area (Å²) in [6, 6.07) is 21.6. The summed E-state index contributed by atoms with van der Waals surface area (Å²) in [5.74, 6) is -0.316. The van der Waals surface area contributed by atoms with Gasteiger partial charge in [0.1, 0.15) is 0 Å². The number of nitrogens with zero attached hydrogens (tertiary/aromatic N) is 2. The second-order valence-electron chi connectivity index (χ2n) is 10.7. The summed E-state index contributed by atoms with van der Waals surface area (Å²) in [5.41, 5.74) is 4.04.